The third-order valence-corrected chi connectivity index (χ3v) is 2.37. The van der Waals surface area contributed by atoms with E-state index in [2.05, 4.69) is 15.3 Å². The number of hydrogen-bond donors (Lipinski definition) is 1. The molecule has 106 valence electrons. The average Bonchev–Trinajstić information content (AvgIpc) is 2.33. The van der Waals surface area contributed by atoms with E-state index in [9.17, 15) is 22.0 Å². The van der Waals surface area contributed by atoms with E-state index >= 15 is 0 Å². The van der Waals surface area contributed by atoms with Crippen LogP contribution >= 0.6 is 11.6 Å². The van der Waals surface area contributed by atoms with Crippen molar-refractivity contribution < 1.29 is 22.0 Å². The van der Waals surface area contributed by atoms with Gasteiger partial charge in [0.15, 0.2) is 17.3 Å². The summed E-state index contributed by atoms with van der Waals surface area (Å²) in [6, 6.07) is 3.74. The van der Waals surface area contributed by atoms with Gasteiger partial charge in [-0.05, 0) is 23.7 Å². The number of anilines is 2. The molecule has 20 heavy (non-hydrogen) atoms. The fraction of sp³-hybridized carbons (Fsp3) is 0.0909. The number of alkyl halides is 3. The number of benzene rings is 1. The predicted molar refractivity (Wildman–Crippen MR) is 61.7 cm³/mol. The first-order valence-electron chi connectivity index (χ1n) is 5.10. The van der Waals surface area contributed by atoms with Gasteiger partial charge in [0.25, 0.3) is 0 Å². The fourth-order valence-corrected chi connectivity index (χ4v) is 1.55. The van der Waals surface area contributed by atoms with Gasteiger partial charge in [0, 0.05) is 6.07 Å². The van der Waals surface area contributed by atoms with Crippen LogP contribution in [0.5, 0.6) is 0 Å². The molecule has 0 bridgehead atoms. The van der Waals surface area contributed by atoms with E-state index in [1.165, 1.54) is 6.07 Å². The topological polar surface area (TPSA) is 37.8 Å². The minimum absolute atomic E-state index is 0.368. The Labute approximate surface area is 114 Å². The average molecular weight is 310 g/mol. The molecular formula is C11H5ClF5N3. The Balaban J connectivity index is 2.39. The van der Waals surface area contributed by atoms with Gasteiger partial charge in [0.05, 0.1) is 5.69 Å². The molecule has 0 atom stereocenters. The van der Waals surface area contributed by atoms with E-state index < -0.39 is 34.6 Å². The lowest BCUT2D eigenvalue weighted by Gasteiger charge is -2.10. The molecule has 0 saturated heterocycles. The minimum atomic E-state index is -4.73. The highest BCUT2D eigenvalue weighted by atomic mass is 35.5. The minimum Gasteiger partial charge on any atom is -0.338 e. The van der Waals surface area contributed by atoms with Crippen LogP contribution in [-0.4, -0.2) is 9.97 Å². The van der Waals surface area contributed by atoms with Gasteiger partial charge in [-0.3, -0.25) is 0 Å². The first kappa shape index (κ1) is 14.4. The van der Waals surface area contributed by atoms with E-state index in [1.54, 1.807) is 0 Å². The van der Waals surface area contributed by atoms with Gasteiger partial charge in [-0.2, -0.15) is 13.2 Å². The highest BCUT2D eigenvalue weighted by molar-refractivity contribution is 6.28. The van der Waals surface area contributed by atoms with Gasteiger partial charge in [0.2, 0.25) is 5.28 Å². The Morgan fingerprint density at radius 3 is 2.45 bits per heavy atom. The van der Waals surface area contributed by atoms with Gasteiger partial charge in [-0.25, -0.2) is 18.7 Å². The van der Waals surface area contributed by atoms with Crippen LogP contribution in [0.2, 0.25) is 5.28 Å². The highest BCUT2D eigenvalue weighted by Gasteiger charge is 2.33. The molecule has 0 unspecified atom stereocenters. The lowest BCUT2D eigenvalue weighted by Crippen LogP contribution is -2.10. The van der Waals surface area contributed by atoms with Crippen molar-refractivity contribution >= 4 is 23.1 Å². The van der Waals surface area contributed by atoms with E-state index in [1.807, 2.05) is 0 Å². The first-order valence-corrected chi connectivity index (χ1v) is 5.48. The molecule has 0 fully saturated rings. The molecule has 0 spiro atoms. The number of halogens is 6. The second-order valence-electron chi connectivity index (χ2n) is 3.63. The molecule has 1 N–H and O–H groups in total. The summed E-state index contributed by atoms with van der Waals surface area (Å²) in [6.45, 7) is 0. The van der Waals surface area contributed by atoms with Crippen LogP contribution in [0.1, 0.15) is 5.69 Å². The zero-order valence-electron chi connectivity index (χ0n) is 9.47. The van der Waals surface area contributed by atoms with Gasteiger partial charge in [-0.15, -0.1) is 0 Å². The zero-order valence-corrected chi connectivity index (χ0v) is 10.2. The van der Waals surface area contributed by atoms with Crippen molar-refractivity contribution in [1.82, 2.24) is 9.97 Å². The van der Waals surface area contributed by atoms with Crippen LogP contribution < -0.4 is 5.32 Å². The summed E-state index contributed by atoms with van der Waals surface area (Å²) in [5, 5.41) is 1.55. The number of nitrogens with one attached hydrogen (secondary N) is 1. The summed E-state index contributed by atoms with van der Waals surface area (Å²) in [6.07, 6.45) is -4.73. The molecule has 2 rings (SSSR count). The number of hydrogen-bond acceptors (Lipinski definition) is 3. The Bertz CT molecular complexity index is 644. The van der Waals surface area contributed by atoms with Crippen molar-refractivity contribution in [3.8, 4) is 0 Å². The highest BCUT2D eigenvalue weighted by Crippen LogP contribution is 2.30. The second kappa shape index (κ2) is 5.20. The Hall–Kier alpha value is -1.96. The van der Waals surface area contributed by atoms with Crippen LogP contribution in [0.3, 0.4) is 0 Å². The molecule has 0 aliphatic carbocycles. The molecular weight excluding hydrogens is 305 g/mol. The predicted octanol–water partition coefficient (Wildman–Crippen LogP) is 4.17. The molecule has 0 saturated carbocycles. The van der Waals surface area contributed by atoms with Crippen molar-refractivity contribution in [2.24, 2.45) is 0 Å². The molecule has 0 aliphatic heterocycles. The van der Waals surface area contributed by atoms with Gasteiger partial charge in [-0.1, -0.05) is 6.07 Å². The van der Waals surface area contributed by atoms with Crippen LogP contribution in [-0.2, 0) is 6.18 Å². The summed E-state index contributed by atoms with van der Waals surface area (Å²) in [7, 11) is 0. The number of rotatable bonds is 2. The van der Waals surface area contributed by atoms with E-state index in [0.717, 1.165) is 12.1 Å². The van der Waals surface area contributed by atoms with Crippen molar-refractivity contribution in [3.63, 3.8) is 0 Å². The van der Waals surface area contributed by atoms with Gasteiger partial charge < -0.3 is 5.32 Å². The Kier molecular flexibility index (Phi) is 3.76. The standard InChI is InChI=1S/C11H5ClF5N3/c12-10-19-7(11(15,16)17)4-8(20-10)18-6-3-1-2-5(13)9(6)14/h1-4H,(H,18,19,20). The molecule has 0 radical (unpaired) electrons. The van der Waals surface area contributed by atoms with Crippen molar-refractivity contribution in [3.05, 3.63) is 46.9 Å². The van der Waals surface area contributed by atoms with Crippen molar-refractivity contribution in [2.75, 3.05) is 5.32 Å². The molecule has 1 aromatic heterocycles. The summed E-state index contributed by atoms with van der Waals surface area (Å²) >= 11 is 5.36. The summed E-state index contributed by atoms with van der Waals surface area (Å²) < 4.78 is 63.9. The molecule has 2 aromatic rings. The third-order valence-electron chi connectivity index (χ3n) is 2.20. The normalized spacial score (nSPS) is 11.5. The maximum Gasteiger partial charge on any atom is 0.433 e. The molecule has 0 amide bonds. The third kappa shape index (κ3) is 3.13. The summed E-state index contributed by atoms with van der Waals surface area (Å²) in [5.74, 6) is -2.79. The fourth-order valence-electron chi connectivity index (χ4n) is 1.37. The lowest BCUT2D eigenvalue weighted by molar-refractivity contribution is -0.141. The maximum absolute atomic E-state index is 13.4. The molecule has 0 aliphatic rings. The van der Waals surface area contributed by atoms with Crippen LogP contribution in [0.25, 0.3) is 0 Å². The first-order chi connectivity index (χ1) is 9.27. The molecule has 1 aromatic carbocycles. The maximum atomic E-state index is 13.4. The Morgan fingerprint density at radius 1 is 1.10 bits per heavy atom. The van der Waals surface area contributed by atoms with Crippen LogP contribution in [0, 0.1) is 11.6 Å². The van der Waals surface area contributed by atoms with E-state index in [0.29, 0.717) is 6.07 Å². The van der Waals surface area contributed by atoms with Crippen molar-refractivity contribution in [2.45, 2.75) is 6.18 Å². The van der Waals surface area contributed by atoms with Crippen LogP contribution in [0.4, 0.5) is 33.5 Å². The van der Waals surface area contributed by atoms with Crippen LogP contribution in [0.15, 0.2) is 24.3 Å². The SMILES string of the molecule is Fc1cccc(Nc2cc(C(F)(F)F)nc(Cl)n2)c1F. The smallest absolute Gasteiger partial charge is 0.338 e. The molecule has 1 heterocycles. The Morgan fingerprint density at radius 2 is 1.80 bits per heavy atom. The quantitative estimate of drug-likeness (QED) is 0.668. The lowest BCUT2D eigenvalue weighted by atomic mass is 10.3. The van der Waals surface area contributed by atoms with E-state index in [4.69, 9.17) is 11.6 Å². The number of nitrogens with zero attached hydrogens (tertiary/aromatic N) is 2. The van der Waals surface area contributed by atoms with Gasteiger partial charge in [0.1, 0.15) is 5.82 Å². The molecule has 3 nitrogen and oxygen atoms in total. The largest absolute Gasteiger partial charge is 0.433 e. The van der Waals surface area contributed by atoms with Gasteiger partial charge >= 0.3 is 6.18 Å². The van der Waals surface area contributed by atoms with E-state index in [-0.39, 0.29) is 5.69 Å². The molecule has 9 heteroatoms. The summed E-state index contributed by atoms with van der Waals surface area (Å²) in [4.78, 5) is 6.48. The summed E-state index contributed by atoms with van der Waals surface area (Å²) in [5.41, 5.74) is -1.66. The second-order valence-corrected chi connectivity index (χ2v) is 3.97. The number of aromatic nitrogens is 2. The zero-order chi connectivity index (χ0) is 14.9. The monoisotopic (exact) mass is 309 g/mol. The van der Waals surface area contributed by atoms with Crippen molar-refractivity contribution in [1.29, 1.82) is 0 Å².